The smallest absolute Gasteiger partial charge is 0.123 e. The number of nitrogens with zero attached hydrogens (tertiary/aromatic N) is 1. The van der Waals surface area contributed by atoms with E-state index in [9.17, 15) is 0 Å². The van der Waals surface area contributed by atoms with Gasteiger partial charge in [0.2, 0.25) is 0 Å². The summed E-state index contributed by atoms with van der Waals surface area (Å²) in [6, 6.07) is 8.47. The van der Waals surface area contributed by atoms with Crippen molar-refractivity contribution in [1.29, 1.82) is 0 Å². The lowest BCUT2D eigenvalue weighted by atomic mass is 9.70. The van der Waals surface area contributed by atoms with Gasteiger partial charge >= 0.3 is 0 Å². The van der Waals surface area contributed by atoms with Crippen LogP contribution in [0.25, 0.3) is 10.6 Å². The molecule has 112 valence electrons. The largest absolute Gasteiger partial charge is 0.241 e. The zero-order chi connectivity index (χ0) is 15.0. The minimum atomic E-state index is 0.442. The molecule has 0 N–H and O–H groups in total. The van der Waals surface area contributed by atoms with Gasteiger partial charge in [0.05, 0.1) is 5.69 Å². The molecule has 0 radical (unpaired) electrons. The van der Waals surface area contributed by atoms with E-state index in [1.807, 2.05) is 11.3 Å². The van der Waals surface area contributed by atoms with Crippen molar-refractivity contribution in [2.24, 2.45) is 11.3 Å². The van der Waals surface area contributed by atoms with Crippen LogP contribution in [0.5, 0.6) is 0 Å². The Hall–Kier alpha value is -0.670. The first-order chi connectivity index (χ1) is 9.99. The maximum absolute atomic E-state index is 4.90. The molecule has 0 aliphatic heterocycles. The molecule has 3 rings (SSSR count). The van der Waals surface area contributed by atoms with Crippen molar-refractivity contribution >= 4 is 27.3 Å². The highest BCUT2D eigenvalue weighted by molar-refractivity contribution is 9.10. The van der Waals surface area contributed by atoms with Gasteiger partial charge in [-0.1, -0.05) is 55.3 Å². The molecule has 3 heteroatoms. The van der Waals surface area contributed by atoms with Crippen molar-refractivity contribution in [3.8, 4) is 10.6 Å². The van der Waals surface area contributed by atoms with Crippen LogP contribution < -0.4 is 0 Å². The van der Waals surface area contributed by atoms with E-state index in [1.54, 1.807) is 0 Å². The van der Waals surface area contributed by atoms with Crippen LogP contribution in [0, 0.1) is 11.3 Å². The fraction of sp³-hybridized carbons (Fsp3) is 0.500. The van der Waals surface area contributed by atoms with Gasteiger partial charge in [-0.15, -0.1) is 11.3 Å². The molecule has 1 heterocycles. The molecule has 1 aromatic carbocycles. The number of hydrogen-bond donors (Lipinski definition) is 0. The van der Waals surface area contributed by atoms with Gasteiger partial charge in [0.1, 0.15) is 5.01 Å². The summed E-state index contributed by atoms with van der Waals surface area (Å²) in [6.45, 7) is 7.15. The van der Waals surface area contributed by atoms with Crippen molar-refractivity contribution in [3.05, 3.63) is 39.3 Å². The molecule has 1 aromatic heterocycles. The molecule has 0 spiro atoms. The molecule has 1 atom stereocenters. The van der Waals surface area contributed by atoms with E-state index in [1.165, 1.54) is 40.4 Å². The molecule has 0 saturated carbocycles. The summed E-state index contributed by atoms with van der Waals surface area (Å²) < 4.78 is 1.12. The second-order valence-corrected chi connectivity index (χ2v) is 8.68. The number of benzene rings is 1. The monoisotopic (exact) mass is 363 g/mol. The number of hydrogen-bond acceptors (Lipinski definition) is 2. The number of thiazole rings is 1. The second-order valence-electron chi connectivity index (χ2n) is 6.68. The average molecular weight is 364 g/mol. The van der Waals surface area contributed by atoms with Crippen molar-refractivity contribution in [3.63, 3.8) is 0 Å². The zero-order valence-corrected chi connectivity index (χ0v) is 15.4. The first-order valence-corrected chi connectivity index (χ1v) is 9.35. The summed E-state index contributed by atoms with van der Waals surface area (Å²) in [5.74, 6) is 0.797. The molecule has 1 aliphatic carbocycles. The average Bonchev–Trinajstić information content (AvgIpc) is 2.90. The van der Waals surface area contributed by atoms with Crippen LogP contribution in [-0.4, -0.2) is 4.98 Å². The predicted molar refractivity (Wildman–Crippen MR) is 94.8 cm³/mol. The molecule has 0 amide bonds. The van der Waals surface area contributed by atoms with Crippen molar-refractivity contribution in [2.45, 2.75) is 46.5 Å². The Morgan fingerprint density at radius 2 is 2.19 bits per heavy atom. The third-order valence-corrected chi connectivity index (χ3v) is 6.69. The summed E-state index contributed by atoms with van der Waals surface area (Å²) in [5.41, 5.74) is 3.02. The highest BCUT2D eigenvalue weighted by Gasteiger charge is 2.32. The van der Waals surface area contributed by atoms with Gasteiger partial charge in [0.15, 0.2) is 0 Å². The molecule has 1 aliphatic rings. The standard InChI is InChI=1S/C18H22BrNS/c1-4-18(2,3)13-8-9-15-16(11-13)21-17(20-15)12-6-5-7-14(19)10-12/h5-7,10,13H,4,8-9,11H2,1-3H3. The molecule has 0 bridgehead atoms. The Bertz CT molecular complexity index is 644. The molecule has 1 unspecified atom stereocenters. The predicted octanol–water partition coefficient (Wildman–Crippen LogP) is 6.11. The molecular formula is C18H22BrNS. The Balaban J connectivity index is 1.88. The Morgan fingerprint density at radius 3 is 2.90 bits per heavy atom. The van der Waals surface area contributed by atoms with Gasteiger partial charge in [-0.3, -0.25) is 0 Å². The van der Waals surface area contributed by atoms with E-state index in [0.29, 0.717) is 5.41 Å². The fourth-order valence-corrected chi connectivity index (χ4v) is 4.66. The van der Waals surface area contributed by atoms with E-state index < -0.39 is 0 Å². The Labute approximate surface area is 139 Å². The first-order valence-electron chi connectivity index (χ1n) is 7.74. The Morgan fingerprint density at radius 1 is 1.38 bits per heavy atom. The fourth-order valence-electron chi connectivity index (χ4n) is 3.08. The van der Waals surface area contributed by atoms with E-state index >= 15 is 0 Å². The molecule has 2 aromatic rings. The number of aryl methyl sites for hydroxylation is 1. The summed E-state index contributed by atoms with van der Waals surface area (Å²) in [6.07, 6.45) is 4.90. The van der Waals surface area contributed by atoms with Gasteiger partial charge in [-0.2, -0.15) is 0 Å². The zero-order valence-electron chi connectivity index (χ0n) is 12.9. The van der Waals surface area contributed by atoms with Gasteiger partial charge in [-0.05, 0) is 42.7 Å². The Kier molecular flexibility index (Phi) is 4.24. The van der Waals surface area contributed by atoms with Crippen LogP contribution in [0.2, 0.25) is 0 Å². The summed E-state index contributed by atoms with van der Waals surface area (Å²) in [7, 11) is 0. The van der Waals surface area contributed by atoms with Crippen molar-refractivity contribution in [1.82, 2.24) is 4.98 Å². The van der Waals surface area contributed by atoms with E-state index in [2.05, 4.69) is 61.0 Å². The maximum Gasteiger partial charge on any atom is 0.123 e. The third-order valence-electron chi connectivity index (χ3n) is 5.03. The van der Waals surface area contributed by atoms with Crippen LogP contribution >= 0.6 is 27.3 Å². The molecule has 1 nitrogen and oxygen atoms in total. The first kappa shape index (κ1) is 15.2. The van der Waals surface area contributed by atoms with Crippen molar-refractivity contribution < 1.29 is 0 Å². The van der Waals surface area contributed by atoms with Gasteiger partial charge in [-0.25, -0.2) is 4.98 Å². The molecule has 0 saturated heterocycles. The van der Waals surface area contributed by atoms with Crippen LogP contribution in [0.4, 0.5) is 0 Å². The second kappa shape index (κ2) is 5.85. The number of rotatable bonds is 3. The number of aromatic nitrogens is 1. The van der Waals surface area contributed by atoms with Gasteiger partial charge in [0, 0.05) is 14.9 Å². The number of fused-ring (bicyclic) bond motifs is 1. The summed E-state index contributed by atoms with van der Waals surface area (Å²) in [4.78, 5) is 6.42. The summed E-state index contributed by atoms with van der Waals surface area (Å²) >= 11 is 5.45. The maximum atomic E-state index is 4.90. The highest BCUT2D eigenvalue weighted by atomic mass is 79.9. The molecule has 21 heavy (non-hydrogen) atoms. The minimum absolute atomic E-state index is 0.442. The topological polar surface area (TPSA) is 12.9 Å². The lowest BCUT2D eigenvalue weighted by Crippen LogP contribution is -2.28. The van der Waals surface area contributed by atoms with E-state index in [4.69, 9.17) is 4.98 Å². The number of halogens is 1. The molecule has 0 fully saturated rings. The van der Waals surface area contributed by atoms with Crippen LogP contribution in [0.3, 0.4) is 0 Å². The van der Waals surface area contributed by atoms with Crippen molar-refractivity contribution in [2.75, 3.05) is 0 Å². The molecular weight excluding hydrogens is 342 g/mol. The van der Waals surface area contributed by atoms with Crippen LogP contribution in [0.1, 0.15) is 44.2 Å². The highest BCUT2D eigenvalue weighted by Crippen LogP contribution is 2.42. The SMILES string of the molecule is CCC(C)(C)C1CCc2nc(-c3cccc(Br)c3)sc2C1. The quantitative estimate of drug-likeness (QED) is 0.640. The lowest BCUT2D eigenvalue weighted by Gasteiger charge is -2.35. The normalized spacial score (nSPS) is 18.6. The van der Waals surface area contributed by atoms with Gasteiger partial charge in [0.25, 0.3) is 0 Å². The van der Waals surface area contributed by atoms with Crippen LogP contribution in [-0.2, 0) is 12.8 Å². The minimum Gasteiger partial charge on any atom is -0.241 e. The van der Waals surface area contributed by atoms with Crippen LogP contribution in [0.15, 0.2) is 28.7 Å². The third kappa shape index (κ3) is 3.09. The summed E-state index contributed by atoms with van der Waals surface area (Å²) in [5, 5.41) is 1.18. The van der Waals surface area contributed by atoms with Gasteiger partial charge < -0.3 is 0 Å². The lowest BCUT2D eigenvalue weighted by molar-refractivity contribution is 0.183. The van der Waals surface area contributed by atoms with E-state index in [-0.39, 0.29) is 0 Å². The van der Waals surface area contributed by atoms with E-state index in [0.717, 1.165) is 16.8 Å².